The molecule has 0 radical (unpaired) electrons. The molecule has 3 heterocycles. The van der Waals surface area contributed by atoms with E-state index >= 15 is 0 Å². The predicted molar refractivity (Wildman–Crippen MR) is 119 cm³/mol. The van der Waals surface area contributed by atoms with Gasteiger partial charge in [0.15, 0.2) is 15.6 Å². The van der Waals surface area contributed by atoms with E-state index in [1.807, 2.05) is 13.8 Å². The Morgan fingerprint density at radius 2 is 1.94 bits per heavy atom. The number of hydrogen-bond acceptors (Lipinski definition) is 5. The molecule has 4 rings (SSSR count). The molecule has 3 aromatic rings. The van der Waals surface area contributed by atoms with Gasteiger partial charge >= 0.3 is 0 Å². The van der Waals surface area contributed by atoms with E-state index in [2.05, 4.69) is 10.1 Å². The molecule has 0 atom stereocenters. The van der Waals surface area contributed by atoms with E-state index in [0.29, 0.717) is 27.9 Å². The van der Waals surface area contributed by atoms with Crippen molar-refractivity contribution in [1.29, 1.82) is 0 Å². The van der Waals surface area contributed by atoms with Gasteiger partial charge < -0.3 is 0 Å². The van der Waals surface area contributed by atoms with Gasteiger partial charge in [-0.15, -0.1) is 0 Å². The van der Waals surface area contributed by atoms with Crippen LogP contribution in [0.2, 0.25) is 0 Å². The molecule has 0 saturated carbocycles. The standard InChI is InChI=1S/C23H25F2N3O3S/c1-14(2)28-18-9-16(19(29)10-22(3)12-32(30,31)13-22)11-26-21(18)20(27-28)15-6-5-7-17(8-15)23(4,24)25/h5-9,11,14H,10,12-13H2,1-4H3. The Bertz CT molecular complexity index is 1310. The maximum atomic E-state index is 13.8. The smallest absolute Gasteiger partial charge is 0.270 e. The summed E-state index contributed by atoms with van der Waals surface area (Å²) < 4.78 is 52.5. The number of halogens is 2. The Hall–Kier alpha value is -2.68. The van der Waals surface area contributed by atoms with Crippen LogP contribution < -0.4 is 0 Å². The lowest BCUT2D eigenvalue weighted by molar-refractivity contribution is 0.0175. The minimum atomic E-state index is -3.05. The summed E-state index contributed by atoms with van der Waals surface area (Å²) in [5.74, 6) is -3.14. The number of carbonyl (C=O) groups excluding carboxylic acids is 1. The summed E-state index contributed by atoms with van der Waals surface area (Å²) in [7, 11) is -3.05. The highest BCUT2D eigenvalue weighted by Crippen LogP contribution is 2.37. The van der Waals surface area contributed by atoms with Crippen molar-refractivity contribution < 1.29 is 22.0 Å². The van der Waals surface area contributed by atoms with Crippen molar-refractivity contribution in [2.75, 3.05) is 11.5 Å². The minimum absolute atomic E-state index is 0.00783. The van der Waals surface area contributed by atoms with Crippen LogP contribution in [0.4, 0.5) is 8.78 Å². The first kappa shape index (κ1) is 22.5. The molecule has 0 bridgehead atoms. The average molecular weight is 462 g/mol. The maximum absolute atomic E-state index is 13.8. The highest BCUT2D eigenvalue weighted by atomic mass is 32.2. The van der Waals surface area contributed by atoms with Crippen molar-refractivity contribution in [3.8, 4) is 11.3 Å². The number of ketones is 1. The Kier molecular flexibility index (Phi) is 5.23. The number of alkyl halides is 2. The summed E-state index contributed by atoms with van der Waals surface area (Å²) in [6.45, 7) is 6.51. The zero-order valence-electron chi connectivity index (χ0n) is 18.4. The summed E-state index contributed by atoms with van der Waals surface area (Å²) in [5.41, 5.74) is 1.84. The largest absolute Gasteiger partial charge is 0.294 e. The number of hydrogen-bond donors (Lipinski definition) is 0. The molecule has 32 heavy (non-hydrogen) atoms. The Labute approximate surface area is 185 Å². The topological polar surface area (TPSA) is 81.9 Å². The zero-order chi connectivity index (χ0) is 23.5. The molecule has 1 aliphatic heterocycles. The van der Waals surface area contributed by atoms with Gasteiger partial charge in [-0.25, -0.2) is 17.2 Å². The fourth-order valence-electron chi connectivity index (χ4n) is 4.31. The fourth-order valence-corrected chi connectivity index (χ4v) is 6.55. The molecule has 9 heteroatoms. The van der Waals surface area contributed by atoms with Gasteiger partial charge in [0.2, 0.25) is 0 Å². The third kappa shape index (κ3) is 4.18. The van der Waals surface area contributed by atoms with Crippen LogP contribution in [-0.4, -0.2) is 40.5 Å². The number of aromatic nitrogens is 3. The Morgan fingerprint density at radius 3 is 2.53 bits per heavy atom. The van der Waals surface area contributed by atoms with Crippen LogP contribution in [-0.2, 0) is 15.8 Å². The van der Waals surface area contributed by atoms with E-state index in [0.717, 1.165) is 6.92 Å². The summed E-state index contributed by atoms with van der Waals surface area (Å²) in [6.07, 6.45) is 1.57. The van der Waals surface area contributed by atoms with E-state index in [1.165, 1.54) is 18.3 Å². The Balaban J connectivity index is 1.75. The van der Waals surface area contributed by atoms with Crippen molar-refractivity contribution in [3.05, 3.63) is 47.7 Å². The van der Waals surface area contributed by atoms with E-state index in [1.54, 1.807) is 29.8 Å². The molecule has 0 unspecified atom stereocenters. The third-order valence-electron chi connectivity index (χ3n) is 5.72. The lowest BCUT2D eigenvalue weighted by Crippen LogP contribution is -2.47. The Morgan fingerprint density at radius 1 is 1.25 bits per heavy atom. The summed E-state index contributed by atoms with van der Waals surface area (Å²) in [4.78, 5) is 17.3. The number of Topliss-reactive ketones (excluding diaryl/α,β-unsaturated/α-hetero) is 1. The molecule has 0 spiro atoms. The molecular weight excluding hydrogens is 436 g/mol. The van der Waals surface area contributed by atoms with E-state index in [-0.39, 0.29) is 35.3 Å². The van der Waals surface area contributed by atoms with Crippen LogP contribution in [0.3, 0.4) is 0 Å². The van der Waals surface area contributed by atoms with Crippen molar-refractivity contribution in [2.45, 2.75) is 46.1 Å². The van der Waals surface area contributed by atoms with Crippen molar-refractivity contribution in [3.63, 3.8) is 0 Å². The molecule has 0 N–H and O–H groups in total. The summed E-state index contributed by atoms with van der Waals surface area (Å²) >= 11 is 0. The first-order valence-electron chi connectivity index (χ1n) is 10.4. The fraction of sp³-hybridized carbons (Fsp3) is 0.435. The highest BCUT2D eigenvalue weighted by molar-refractivity contribution is 7.92. The van der Waals surface area contributed by atoms with Gasteiger partial charge in [0.25, 0.3) is 5.92 Å². The highest BCUT2D eigenvalue weighted by Gasteiger charge is 2.45. The molecule has 0 amide bonds. The van der Waals surface area contributed by atoms with Crippen molar-refractivity contribution in [2.24, 2.45) is 5.41 Å². The summed E-state index contributed by atoms with van der Waals surface area (Å²) in [5, 5.41) is 4.62. The van der Waals surface area contributed by atoms with Crippen molar-refractivity contribution in [1.82, 2.24) is 14.8 Å². The maximum Gasteiger partial charge on any atom is 0.270 e. The van der Waals surface area contributed by atoms with Gasteiger partial charge in [-0.05, 0) is 26.0 Å². The minimum Gasteiger partial charge on any atom is -0.294 e. The second-order valence-corrected chi connectivity index (χ2v) is 11.5. The van der Waals surface area contributed by atoms with Gasteiger partial charge in [-0.2, -0.15) is 5.10 Å². The van der Waals surface area contributed by atoms with E-state index in [9.17, 15) is 22.0 Å². The first-order chi connectivity index (χ1) is 14.8. The number of fused-ring (bicyclic) bond motifs is 1. The molecule has 2 aromatic heterocycles. The lowest BCUT2D eigenvalue weighted by Gasteiger charge is -2.37. The molecule has 1 saturated heterocycles. The number of rotatable bonds is 6. The zero-order valence-corrected chi connectivity index (χ0v) is 19.2. The number of sulfone groups is 1. The molecular formula is C23H25F2N3O3S. The van der Waals surface area contributed by atoms with E-state index in [4.69, 9.17) is 0 Å². The van der Waals surface area contributed by atoms with Gasteiger partial charge in [0, 0.05) is 47.7 Å². The molecule has 0 aliphatic carbocycles. The van der Waals surface area contributed by atoms with Crippen LogP contribution in [0.25, 0.3) is 22.3 Å². The predicted octanol–water partition coefficient (Wildman–Crippen LogP) is 4.80. The number of pyridine rings is 1. The second-order valence-electron chi connectivity index (χ2n) is 9.39. The average Bonchev–Trinajstić information content (AvgIpc) is 3.04. The summed E-state index contributed by atoms with van der Waals surface area (Å²) in [6, 6.07) is 7.70. The first-order valence-corrected chi connectivity index (χ1v) is 12.2. The number of benzene rings is 1. The van der Waals surface area contributed by atoms with Gasteiger partial charge in [0.05, 0.1) is 17.0 Å². The molecule has 170 valence electrons. The second kappa shape index (κ2) is 7.43. The molecule has 1 aliphatic rings. The monoisotopic (exact) mass is 461 g/mol. The van der Waals surface area contributed by atoms with Crippen molar-refractivity contribution >= 4 is 26.7 Å². The van der Waals surface area contributed by atoms with Crippen LogP contribution >= 0.6 is 0 Å². The van der Waals surface area contributed by atoms with Crippen LogP contribution in [0, 0.1) is 5.41 Å². The third-order valence-corrected chi connectivity index (χ3v) is 8.00. The van der Waals surface area contributed by atoms with Crippen LogP contribution in [0.1, 0.15) is 56.1 Å². The van der Waals surface area contributed by atoms with Gasteiger partial charge in [0.1, 0.15) is 11.2 Å². The quantitative estimate of drug-likeness (QED) is 0.493. The molecule has 1 aromatic carbocycles. The molecule has 1 fully saturated rings. The lowest BCUT2D eigenvalue weighted by atomic mass is 9.86. The normalized spacial score (nSPS) is 17.5. The van der Waals surface area contributed by atoms with E-state index < -0.39 is 21.2 Å². The van der Waals surface area contributed by atoms with Gasteiger partial charge in [-0.3, -0.25) is 14.5 Å². The molecule has 6 nitrogen and oxygen atoms in total. The van der Waals surface area contributed by atoms with Crippen LogP contribution in [0.5, 0.6) is 0 Å². The van der Waals surface area contributed by atoms with Gasteiger partial charge in [-0.1, -0.05) is 25.1 Å². The number of nitrogens with zero attached hydrogens (tertiary/aromatic N) is 3. The van der Waals surface area contributed by atoms with Crippen LogP contribution in [0.15, 0.2) is 36.5 Å². The SMILES string of the molecule is CC(C)n1nc(-c2cccc(C(C)(F)F)c2)c2ncc(C(=O)CC3(C)CS(=O)(=O)C3)cc21. The number of carbonyl (C=O) groups is 1.